The zero-order chi connectivity index (χ0) is 26.0. The second-order valence-corrected chi connectivity index (χ2v) is 8.51. The van der Waals surface area contributed by atoms with Gasteiger partial charge in [0.05, 0.1) is 6.54 Å². The highest BCUT2D eigenvalue weighted by Gasteiger charge is 2.31. The van der Waals surface area contributed by atoms with Crippen LogP contribution < -0.4 is 21.7 Å². The minimum atomic E-state index is -1.19. The van der Waals surface area contributed by atoms with E-state index in [1.165, 1.54) is 12.1 Å². The molecule has 0 aromatic heterocycles. The second kappa shape index (κ2) is 13.1. The summed E-state index contributed by atoms with van der Waals surface area (Å²) in [5.41, 5.74) is 6.82. The van der Waals surface area contributed by atoms with Gasteiger partial charge < -0.3 is 31.9 Å². The minimum absolute atomic E-state index is 0.0329. The summed E-state index contributed by atoms with van der Waals surface area (Å²) in [6, 6.07) is 11.8. The first-order chi connectivity index (χ1) is 16.6. The Bertz CT molecular complexity index is 1010. The van der Waals surface area contributed by atoms with Gasteiger partial charge in [0.15, 0.2) is 0 Å². The van der Waals surface area contributed by atoms with Crippen LogP contribution in [-0.2, 0) is 32.0 Å². The van der Waals surface area contributed by atoms with E-state index in [0.717, 1.165) is 5.56 Å². The van der Waals surface area contributed by atoms with Gasteiger partial charge in [-0.1, -0.05) is 56.3 Å². The summed E-state index contributed by atoms with van der Waals surface area (Å²) < 4.78 is 0. The number of nitrogens with two attached hydrogens (primary N) is 1. The standard InChI is InChI=1S/C25H32N4O6/c1-15(2)22(25(34)35)29-24(33)20(13-17-8-10-18(30)11-9-17)28-23(32)19(27-21(31)14-26)12-16-6-4-3-5-7-16/h3-11,15,19-20,22,30H,12-14,26H2,1-2H3,(H,27,31)(H,28,32)(H,29,33)(H,34,35). The molecule has 7 N–H and O–H groups in total. The van der Waals surface area contributed by atoms with Gasteiger partial charge in [0.2, 0.25) is 17.7 Å². The topological polar surface area (TPSA) is 171 Å². The summed E-state index contributed by atoms with van der Waals surface area (Å²) in [5, 5.41) is 26.7. The predicted octanol–water partition coefficient (Wildman–Crippen LogP) is 0.331. The van der Waals surface area contributed by atoms with Crippen LogP contribution in [0.3, 0.4) is 0 Å². The average Bonchev–Trinajstić information content (AvgIpc) is 2.82. The molecular weight excluding hydrogens is 452 g/mol. The Morgan fingerprint density at radius 3 is 1.83 bits per heavy atom. The third-order valence-corrected chi connectivity index (χ3v) is 5.36. The molecule has 3 atom stereocenters. The van der Waals surface area contributed by atoms with Gasteiger partial charge in [-0.25, -0.2) is 4.79 Å². The Hall–Kier alpha value is -3.92. The number of phenols is 1. The molecule has 3 unspecified atom stereocenters. The van der Waals surface area contributed by atoms with Crippen molar-refractivity contribution < 1.29 is 29.4 Å². The van der Waals surface area contributed by atoms with E-state index >= 15 is 0 Å². The molecule has 10 nitrogen and oxygen atoms in total. The van der Waals surface area contributed by atoms with Crippen LogP contribution in [0, 0.1) is 5.92 Å². The highest BCUT2D eigenvalue weighted by atomic mass is 16.4. The zero-order valence-electron chi connectivity index (χ0n) is 19.7. The SMILES string of the molecule is CC(C)C(NC(=O)C(Cc1ccc(O)cc1)NC(=O)C(Cc1ccccc1)NC(=O)CN)C(=O)O. The van der Waals surface area contributed by atoms with E-state index in [1.807, 2.05) is 6.07 Å². The quantitative estimate of drug-likeness (QED) is 0.252. The van der Waals surface area contributed by atoms with E-state index in [1.54, 1.807) is 50.2 Å². The maximum absolute atomic E-state index is 13.2. The number of aromatic hydroxyl groups is 1. The fourth-order valence-electron chi connectivity index (χ4n) is 3.43. The van der Waals surface area contributed by atoms with E-state index in [9.17, 15) is 29.4 Å². The number of rotatable bonds is 12. The van der Waals surface area contributed by atoms with Gasteiger partial charge in [-0.15, -0.1) is 0 Å². The van der Waals surface area contributed by atoms with Gasteiger partial charge in [0.25, 0.3) is 0 Å². The molecule has 2 aromatic carbocycles. The Morgan fingerprint density at radius 2 is 1.31 bits per heavy atom. The molecule has 0 bridgehead atoms. The Morgan fingerprint density at radius 1 is 0.800 bits per heavy atom. The second-order valence-electron chi connectivity index (χ2n) is 8.51. The van der Waals surface area contributed by atoms with Crippen LogP contribution in [0.1, 0.15) is 25.0 Å². The third-order valence-electron chi connectivity index (χ3n) is 5.36. The largest absolute Gasteiger partial charge is 0.508 e. The summed E-state index contributed by atoms with van der Waals surface area (Å²) in [5.74, 6) is -3.39. The lowest BCUT2D eigenvalue weighted by atomic mass is 10.0. The summed E-state index contributed by atoms with van der Waals surface area (Å²) in [6.07, 6.45) is 0.195. The van der Waals surface area contributed by atoms with Crippen molar-refractivity contribution in [3.8, 4) is 5.75 Å². The number of aliphatic carboxylic acids is 1. The number of hydrogen-bond donors (Lipinski definition) is 6. The summed E-state index contributed by atoms with van der Waals surface area (Å²) >= 11 is 0. The third kappa shape index (κ3) is 8.74. The summed E-state index contributed by atoms with van der Waals surface area (Å²) in [7, 11) is 0. The predicted molar refractivity (Wildman–Crippen MR) is 129 cm³/mol. The molecule has 3 amide bonds. The first-order valence-electron chi connectivity index (χ1n) is 11.3. The molecule has 2 aromatic rings. The molecule has 0 saturated heterocycles. The van der Waals surface area contributed by atoms with Gasteiger partial charge in [0, 0.05) is 12.8 Å². The molecule has 0 radical (unpaired) electrons. The van der Waals surface area contributed by atoms with Crippen molar-refractivity contribution in [2.24, 2.45) is 11.7 Å². The van der Waals surface area contributed by atoms with Gasteiger partial charge in [-0.2, -0.15) is 0 Å². The molecule has 0 aliphatic carbocycles. The van der Waals surface area contributed by atoms with Crippen molar-refractivity contribution in [3.05, 3.63) is 65.7 Å². The fourth-order valence-corrected chi connectivity index (χ4v) is 3.43. The fraction of sp³-hybridized carbons (Fsp3) is 0.360. The normalized spacial score (nSPS) is 13.4. The van der Waals surface area contributed by atoms with E-state index < -0.39 is 47.7 Å². The van der Waals surface area contributed by atoms with Crippen molar-refractivity contribution in [2.75, 3.05) is 6.54 Å². The number of carboxylic acid groups (broad SMARTS) is 1. The van der Waals surface area contributed by atoms with Crippen LogP contribution >= 0.6 is 0 Å². The smallest absolute Gasteiger partial charge is 0.326 e. The van der Waals surface area contributed by atoms with Crippen LogP contribution in [0.15, 0.2) is 54.6 Å². The van der Waals surface area contributed by atoms with E-state index in [4.69, 9.17) is 5.73 Å². The Labute approximate surface area is 203 Å². The maximum atomic E-state index is 13.2. The zero-order valence-corrected chi connectivity index (χ0v) is 19.7. The number of carboxylic acids is 1. The molecule has 35 heavy (non-hydrogen) atoms. The number of carbonyl (C=O) groups is 4. The van der Waals surface area contributed by atoms with Gasteiger partial charge in [0.1, 0.15) is 23.9 Å². The molecule has 0 fully saturated rings. The Kier molecular flexibility index (Phi) is 10.2. The van der Waals surface area contributed by atoms with Crippen molar-refractivity contribution in [2.45, 2.75) is 44.8 Å². The van der Waals surface area contributed by atoms with Gasteiger partial charge in [-0.05, 0) is 29.2 Å². The van der Waals surface area contributed by atoms with E-state index in [0.29, 0.717) is 5.56 Å². The van der Waals surface area contributed by atoms with Crippen LogP contribution in [0.5, 0.6) is 5.75 Å². The lowest BCUT2D eigenvalue weighted by Crippen LogP contribution is -2.57. The molecule has 0 aliphatic rings. The molecule has 0 aliphatic heterocycles. The van der Waals surface area contributed by atoms with E-state index in [2.05, 4.69) is 16.0 Å². The first-order valence-corrected chi connectivity index (χ1v) is 11.3. The number of carbonyl (C=O) groups excluding carboxylic acids is 3. The lowest BCUT2D eigenvalue weighted by molar-refractivity contribution is -0.143. The Balaban J connectivity index is 2.28. The number of benzene rings is 2. The van der Waals surface area contributed by atoms with Gasteiger partial charge in [-0.3, -0.25) is 14.4 Å². The van der Waals surface area contributed by atoms with E-state index in [-0.39, 0.29) is 25.1 Å². The molecule has 188 valence electrons. The monoisotopic (exact) mass is 484 g/mol. The average molecular weight is 485 g/mol. The molecule has 2 rings (SSSR count). The maximum Gasteiger partial charge on any atom is 0.326 e. The molecule has 0 spiro atoms. The molecule has 0 heterocycles. The number of amides is 3. The number of phenolic OH excluding ortho intramolecular Hbond substituents is 1. The first kappa shape index (κ1) is 27.3. The van der Waals surface area contributed by atoms with Crippen LogP contribution in [0.4, 0.5) is 0 Å². The number of hydrogen-bond acceptors (Lipinski definition) is 6. The minimum Gasteiger partial charge on any atom is -0.508 e. The lowest BCUT2D eigenvalue weighted by Gasteiger charge is -2.25. The van der Waals surface area contributed by atoms with Crippen LogP contribution in [-0.4, -0.2) is 58.6 Å². The molecule has 10 heteroatoms. The van der Waals surface area contributed by atoms with Gasteiger partial charge >= 0.3 is 5.97 Å². The van der Waals surface area contributed by atoms with Crippen molar-refractivity contribution >= 4 is 23.7 Å². The number of nitrogens with one attached hydrogen (secondary N) is 3. The van der Waals surface area contributed by atoms with Crippen molar-refractivity contribution in [1.29, 1.82) is 0 Å². The molecule has 0 saturated carbocycles. The van der Waals surface area contributed by atoms with Crippen molar-refractivity contribution in [1.82, 2.24) is 16.0 Å². The summed E-state index contributed by atoms with van der Waals surface area (Å²) in [6.45, 7) is 3.00. The summed E-state index contributed by atoms with van der Waals surface area (Å²) in [4.78, 5) is 49.9. The highest BCUT2D eigenvalue weighted by Crippen LogP contribution is 2.13. The highest BCUT2D eigenvalue weighted by molar-refractivity contribution is 5.94. The van der Waals surface area contributed by atoms with Crippen LogP contribution in [0.25, 0.3) is 0 Å². The molecular formula is C25H32N4O6. The van der Waals surface area contributed by atoms with Crippen LogP contribution in [0.2, 0.25) is 0 Å². The van der Waals surface area contributed by atoms with Crippen molar-refractivity contribution in [3.63, 3.8) is 0 Å².